The Morgan fingerprint density at radius 2 is 2.04 bits per heavy atom. The van der Waals surface area contributed by atoms with Crippen LogP contribution in [0.25, 0.3) is 0 Å². The van der Waals surface area contributed by atoms with Crippen molar-refractivity contribution in [2.75, 3.05) is 14.2 Å². The first-order chi connectivity index (χ1) is 11.6. The number of aromatic nitrogens is 2. The summed E-state index contributed by atoms with van der Waals surface area (Å²) in [5.74, 6) is 2.07. The predicted octanol–water partition coefficient (Wildman–Crippen LogP) is 2.24. The van der Waals surface area contributed by atoms with E-state index >= 15 is 0 Å². The molecule has 0 aliphatic heterocycles. The fourth-order valence-corrected chi connectivity index (χ4v) is 2.71. The molecule has 0 atom stereocenters. The lowest BCUT2D eigenvalue weighted by Gasteiger charge is -2.34. The molecule has 0 bridgehead atoms. The van der Waals surface area contributed by atoms with E-state index in [2.05, 4.69) is 10.1 Å². The first kappa shape index (κ1) is 16.4. The number of rotatable bonds is 7. The second-order valence-corrected chi connectivity index (χ2v) is 6.01. The third-order valence-corrected chi connectivity index (χ3v) is 4.43. The Morgan fingerprint density at radius 1 is 1.29 bits per heavy atom. The van der Waals surface area contributed by atoms with E-state index < -0.39 is 5.54 Å². The van der Waals surface area contributed by atoms with Gasteiger partial charge in [0.25, 0.3) is 0 Å². The van der Waals surface area contributed by atoms with E-state index in [1.54, 1.807) is 25.3 Å². The molecule has 0 saturated heterocycles. The van der Waals surface area contributed by atoms with E-state index in [-0.39, 0.29) is 12.2 Å². The van der Waals surface area contributed by atoms with Crippen LogP contribution in [-0.4, -0.2) is 30.1 Å². The number of nitrogens with two attached hydrogens (primary N) is 1. The van der Waals surface area contributed by atoms with Gasteiger partial charge in [0, 0.05) is 18.4 Å². The molecule has 0 amide bonds. The molecule has 0 spiro atoms. The molecule has 1 heterocycles. The summed E-state index contributed by atoms with van der Waals surface area (Å²) in [7, 11) is 3.09. The quantitative estimate of drug-likeness (QED) is 0.776. The van der Waals surface area contributed by atoms with Crippen molar-refractivity contribution >= 4 is 5.78 Å². The van der Waals surface area contributed by atoms with Gasteiger partial charge in [-0.1, -0.05) is 5.16 Å². The maximum atomic E-state index is 12.3. The Balaban J connectivity index is 1.63. The molecule has 7 nitrogen and oxygen atoms in total. The molecule has 24 heavy (non-hydrogen) atoms. The zero-order chi connectivity index (χ0) is 17.2. The lowest BCUT2D eigenvalue weighted by atomic mass is 9.77. The minimum absolute atomic E-state index is 0.0261. The van der Waals surface area contributed by atoms with Gasteiger partial charge in [-0.3, -0.25) is 4.79 Å². The summed E-state index contributed by atoms with van der Waals surface area (Å²) in [4.78, 5) is 16.7. The number of ketones is 1. The van der Waals surface area contributed by atoms with Crippen LogP contribution in [0.4, 0.5) is 0 Å². The SMILES string of the molecule is COc1ccc(C(=O)CCc2nc(C3(N)CCC3)no2)cc1OC. The number of Topliss-reactive ketones (excluding diaryl/α,β-unsaturated/α-hetero) is 1. The highest BCUT2D eigenvalue weighted by Crippen LogP contribution is 2.37. The van der Waals surface area contributed by atoms with E-state index in [9.17, 15) is 4.79 Å². The van der Waals surface area contributed by atoms with E-state index in [0.717, 1.165) is 19.3 Å². The van der Waals surface area contributed by atoms with Crippen LogP contribution in [0.2, 0.25) is 0 Å². The molecular weight excluding hydrogens is 310 g/mol. The van der Waals surface area contributed by atoms with Crippen LogP contribution in [0.5, 0.6) is 11.5 Å². The van der Waals surface area contributed by atoms with Crippen LogP contribution in [0, 0.1) is 0 Å². The van der Waals surface area contributed by atoms with Crippen LogP contribution in [0.3, 0.4) is 0 Å². The standard InChI is InChI=1S/C17H21N3O4/c1-22-13-6-4-11(10-14(13)23-2)12(21)5-7-15-19-16(20-24-15)17(18)8-3-9-17/h4,6,10H,3,5,7-9,18H2,1-2H3. The molecule has 1 aromatic heterocycles. The lowest BCUT2D eigenvalue weighted by molar-refractivity contribution is 0.0979. The van der Waals surface area contributed by atoms with Gasteiger partial charge in [0.15, 0.2) is 23.1 Å². The number of methoxy groups -OCH3 is 2. The van der Waals surface area contributed by atoms with Gasteiger partial charge >= 0.3 is 0 Å². The maximum Gasteiger partial charge on any atom is 0.227 e. The predicted molar refractivity (Wildman–Crippen MR) is 86.2 cm³/mol. The topological polar surface area (TPSA) is 100 Å². The molecule has 1 saturated carbocycles. The highest BCUT2D eigenvalue weighted by atomic mass is 16.5. The Labute approximate surface area is 140 Å². The molecule has 128 valence electrons. The summed E-state index contributed by atoms with van der Waals surface area (Å²) >= 11 is 0. The molecule has 0 unspecified atom stereocenters. The monoisotopic (exact) mass is 331 g/mol. The number of ether oxygens (including phenoxy) is 2. The Morgan fingerprint density at radius 3 is 2.67 bits per heavy atom. The zero-order valence-electron chi connectivity index (χ0n) is 13.9. The van der Waals surface area contributed by atoms with Crippen LogP contribution in [-0.2, 0) is 12.0 Å². The van der Waals surface area contributed by atoms with Crippen molar-refractivity contribution in [2.24, 2.45) is 5.73 Å². The molecule has 1 aromatic carbocycles. The average Bonchev–Trinajstić information content (AvgIpc) is 3.06. The molecule has 1 fully saturated rings. The summed E-state index contributed by atoms with van der Waals surface area (Å²) in [6, 6.07) is 5.10. The van der Waals surface area contributed by atoms with Crippen LogP contribution in [0.15, 0.2) is 22.7 Å². The summed E-state index contributed by atoms with van der Waals surface area (Å²) in [5, 5.41) is 3.95. The van der Waals surface area contributed by atoms with Gasteiger partial charge < -0.3 is 19.7 Å². The Bertz CT molecular complexity index is 737. The number of benzene rings is 1. The van der Waals surface area contributed by atoms with Crippen molar-refractivity contribution in [3.8, 4) is 11.5 Å². The smallest absolute Gasteiger partial charge is 0.227 e. The molecular formula is C17H21N3O4. The Hall–Kier alpha value is -2.41. The number of aryl methyl sites for hydroxylation is 1. The van der Waals surface area contributed by atoms with Crippen molar-refractivity contribution in [1.82, 2.24) is 10.1 Å². The number of nitrogens with zero attached hydrogens (tertiary/aromatic N) is 2. The summed E-state index contributed by atoms with van der Waals surface area (Å²) in [5.41, 5.74) is 6.27. The second kappa shape index (κ2) is 6.60. The van der Waals surface area contributed by atoms with Gasteiger partial charge in [0.05, 0.1) is 19.8 Å². The van der Waals surface area contributed by atoms with Crippen LogP contribution in [0.1, 0.15) is 47.8 Å². The molecule has 1 aliphatic carbocycles. The second-order valence-electron chi connectivity index (χ2n) is 6.01. The number of hydrogen-bond donors (Lipinski definition) is 1. The van der Waals surface area contributed by atoms with Crippen molar-refractivity contribution in [2.45, 2.75) is 37.6 Å². The molecule has 3 rings (SSSR count). The maximum absolute atomic E-state index is 12.3. The molecule has 2 aromatic rings. The van der Waals surface area contributed by atoms with Gasteiger partial charge in [-0.05, 0) is 37.5 Å². The molecule has 2 N–H and O–H groups in total. The highest BCUT2D eigenvalue weighted by Gasteiger charge is 2.38. The number of carbonyl (C=O) groups is 1. The van der Waals surface area contributed by atoms with Crippen LogP contribution < -0.4 is 15.2 Å². The molecule has 0 radical (unpaired) electrons. The number of hydrogen-bond acceptors (Lipinski definition) is 7. The van der Waals surface area contributed by atoms with E-state index in [1.165, 1.54) is 7.11 Å². The summed E-state index contributed by atoms with van der Waals surface area (Å²) in [6.07, 6.45) is 3.48. The Kier molecular flexibility index (Phi) is 4.53. The summed E-state index contributed by atoms with van der Waals surface area (Å²) < 4.78 is 15.6. The van der Waals surface area contributed by atoms with E-state index in [0.29, 0.717) is 35.2 Å². The van der Waals surface area contributed by atoms with Gasteiger partial charge in [-0.15, -0.1) is 0 Å². The fourth-order valence-electron chi connectivity index (χ4n) is 2.71. The average molecular weight is 331 g/mol. The minimum Gasteiger partial charge on any atom is -0.493 e. The summed E-state index contributed by atoms with van der Waals surface area (Å²) in [6.45, 7) is 0. The highest BCUT2D eigenvalue weighted by molar-refractivity contribution is 5.96. The molecule has 7 heteroatoms. The minimum atomic E-state index is -0.449. The van der Waals surface area contributed by atoms with Gasteiger partial charge in [-0.25, -0.2) is 0 Å². The van der Waals surface area contributed by atoms with Gasteiger partial charge in [0.1, 0.15) is 0 Å². The normalized spacial score (nSPS) is 15.6. The third-order valence-electron chi connectivity index (χ3n) is 4.43. The van der Waals surface area contributed by atoms with Crippen molar-refractivity contribution in [1.29, 1.82) is 0 Å². The molecule has 1 aliphatic rings. The van der Waals surface area contributed by atoms with Gasteiger partial charge in [-0.2, -0.15) is 4.98 Å². The van der Waals surface area contributed by atoms with Crippen molar-refractivity contribution < 1.29 is 18.8 Å². The van der Waals surface area contributed by atoms with Gasteiger partial charge in [0.2, 0.25) is 5.89 Å². The first-order valence-corrected chi connectivity index (χ1v) is 7.93. The number of carbonyl (C=O) groups excluding carboxylic acids is 1. The van der Waals surface area contributed by atoms with Crippen molar-refractivity contribution in [3.05, 3.63) is 35.5 Å². The lowest BCUT2D eigenvalue weighted by Crippen LogP contribution is -2.44. The van der Waals surface area contributed by atoms with Crippen molar-refractivity contribution in [3.63, 3.8) is 0 Å². The van der Waals surface area contributed by atoms with E-state index in [1.807, 2.05) is 0 Å². The van der Waals surface area contributed by atoms with Crippen LogP contribution >= 0.6 is 0 Å². The fraction of sp³-hybridized carbons (Fsp3) is 0.471. The third kappa shape index (κ3) is 3.12. The zero-order valence-corrected chi connectivity index (χ0v) is 13.9. The van der Waals surface area contributed by atoms with E-state index in [4.69, 9.17) is 19.7 Å². The first-order valence-electron chi connectivity index (χ1n) is 7.93. The largest absolute Gasteiger partial charge is 0.493 e.